The summed E-state index contributed by atoms with van der Waals surface area (Å²) in [5.41, 5.74) is 0.858. The van der Waals surface area contributed by atoms with Gasteiger partial charge in [-0.05, 0) is 54.8 Å². The number of ether oxygens (including phenoxy) is 7. The molecule has 3 aliphatic rings. The minimum atomic E-state index is -1.85. The van der Waals surface area contributed by atoms with Gasteiger partial charge in [0.25, 0.3) is 0 Å². The number of esters is 1. The van der Waals surface area contributed by atoms with Crippen LogP contribution < -0.4 is 0 Å². The highest BCUT2D eigenvalue weighted by Gasteiger charge is 2.53. The lowest BCUT2D eigenvalue weighted by Gasteiger charge is -2.48. The van der Waals surface area contributed by atoms with Crippen molar-refractivity contribution in [1.82, 2.24) is 0 Å². The molecule has 294 valence electrons. The fraction of sp³-hybridized carbons (Fsp3) is 0.559. The molecule has 14 atom stereocenters. The van der Waals surface area contributed by atoms with E-state index in [1.807, 2.05) is 0 Å². The van der Waals surface area contributed by atoms with E-state index in [-0.39, 0.29) is 30.3 Å². The number of aliphatic hydroxyl groups excluding tert-OH is 7. The molecular formula is C34H44O19. The minimum Gasteiger partial charge on any atom is -0.504 e. The molecule has 3 saturated heterocycles. The second-order valence-corrected chi connectivity index (χ2v) is 12.8. The molecule has 5 rings (SSSR count). The van der Waals surface area contributed by atoms with Crippen LogP contribution >= 0.6 is 0 Å². The Labute approximate surface area is 302 Å². The van der Waals surface area contributed by atoms with Crippen LogP contribution in [0.4, 0.5) is 0 Å². The first-order valence-electron chi connectivity index (χ1n) is 16.6. The van der Waals surface area contributed by atoms with Gasteiger partial charge in [-0.2, -0.15) is 0 Å². The molecule has 0 spiro atoms. The van der Waals surface area contributed by atoms with E-state index in [0.717, 1.165) is 6.08 Å². The average molecular weight is 757 g/mol. The zero-order valence-corrected chi connectivity index (χ0v) is 28.2. The molecule has 11 N–H and O–H groups in total. The number of benzene rings is 2. The van der Waals surface area contributed by atoms with Crippen LogP contribution in [-0.4, -0.2) is 168 Å². The molecule has 0 radical (unpaired) electrons. The highest BCUT2D eigenvalue weighted by atomic mass is 16.8. The quantitative estimate of drug-likeness (QED) is 0.0603. The summed E-state index contributed by atoms with van der Waals surface area (Å²) in [6, 6.07) is 7.90. The van der Waals surface area contributed by atoms with Crippen molar-refractivity contribution < 1.29 is 94.1 Å². The highest BCUT2D eigenvalue weighted by molar-refractivity contribution is 5.87. The van der Waals surface area contributed by atoms with Crippen LogP contribution in [0.5, 0.6) is 23.0 Å². The lowest BCUT2D eigenvalue weighted by atomic mass is 9.96. The summed E-state index contributed by atoms with van der Waals surface area (Å²) in [6.45, 7) is 0.114. The molecule has 3 heterocycles. The summed E-state index contributed by atoms with van der Waals surface area (Å²) in [7, 11) is 0. The Morgan fingerprint density at radius 3 is 2.09 bits per heavy atom. The van der Waals surface area contributed by atoms with Crippen LogP contribution in [0.15, 0.2) is 42.5 Å². The maximum Gasteiger partial charge on any atom is 0.330 e. The van der Waals surface area contributed by atoms with Gasteiger partial charge < -0.3 is 89.3 Å². The van der Waals surface area contributed by atoms with Gasteiger partial charge in [0.15, 0.2) is 41.9 Å². The number of hydrogen-bond acceptors (Lipinski definition) is 19. The van der Waals surface area contributed by atoms with Crippen molar-refractivity contribution in [3.8, 4) is 23.0 Å². The molecule has 0 bridgehead atoms. The van der Waals surface area contributed by atoms with E-state index in [1.54, 1.807) is 0 Å². The molecule has 0 aromatic heterocycles. The van der Waals surface area contributed by atoms with Crippen molar-refractivity contribution in [2.45, 2.75) is 99.4 Å². The van der Waals surface area contributed by atoms with Crippen molar-refractivity contribution >= 4 is 12.0 Å². The van der Waals surface area contributed by atoms with Gasteiger partial charge in [0.05, 0.1) is 19.3 Å². The predicted octanol–water partition coefficient (Wildman–Crippen LogP) is -2.55. The van der Waals surface area contributed by atoms with E-state index in [2.05, 4.69) is 0 Å². The van der Waals surface area contributed by atoms with Crippen molar-refractivity contribution in [3.05, 3.63) is 53.6 Å². The van der Waals surface area contributed by atoms with E-state index >= 15 is 0 Å². The molecule has 2 aromatic carbocycles. The van der Waals surface area contributed by atoms with Crippen LogP contribution in [0.25, 0.3) is 6.08 Å². The maximum absolute atomic E-state index is 12.7. The molecule has 19 heteroatoms. The Morgan fingerprint density at radius 1 is 0.736 bits per heavy atom. The van der Waals surface area contributed by atoms with Crippen LogP contribution in [0.3, 0.4) is 0 Å². The third-order valence-corrected chi connectivity index (χ3v) is 8.98. The van der Waals surface area contributed by atoms with Crippen LogP contribution in [-0.2, 0) is 44.4 Å². The molecule has 3 aliphatic heterocycles. The van der Waals surface area contributed by atoms with Gasteiger partial charge >= 0.3 is 5.97 Å². The number of phenolic OH excluding ortho intramolecular Hbond substituents is 4. The van der Waals surface area contributed by atoms with Crippen LogP contribution in [0, 0.1) is 0 Å². The van der Waals surface area contributed by atoms with Gasteiger partial charge in [-0.1, -0.05) is 12.1 Å². The summed E-state index contributed by atoms with van der Waals surface area (Å²) in [4.78, 5) is 12.7. The smallest absolute Gasteiger partial charge is 0.330 e. The monoisotopic (exact) mass is 756 g/mol. The molecular weight excluding hydrogens is 712 g/mol. The number of aliphatic hydroxyl groups is 7. The zero-order chi connectivity index (χ0) is 38.6. The standard InChI is InChI=1S/C34H44O19/c1-14-24(41)27(44)29(46)33(50-14)52-30-26(43)22(13-48-23(40)7-4-15-2-5-17(35)19(37)10-15)51-34(47-9-8-16-3-6-18(36)20(38)11-16)31(30)53-32-28(45)25(42)21(39)12-49-32/h2-7,10-11,14,21-22,24-39,41-46H,8-9,12-13H2,1H3/t14-,21-,22+,24-,25-,26+,27+,28+,29+,30-,31+,32-,33-,34+/m0/s1. The van der Waals surface area contributed by atoms with E-state index in [0.29, 0.717) is 11.1 Å². The van der Waals surface area contributed by atoms with Gasteiger partial charge in [-0.3, -0.25) is 0 Å². The Hall–Kier alpha value is -3.67. The largest absolute Gasteiger partial charge is 0.504 e. The predicted molar refractivity (Wildman–Crippen MR) is 174 cm³/mol. The van der Waals surface area contributed by atoms with Crippen molar-refractivity contribution in [1.29, 1.82) is 0 Å². The second kappa shape index (κ2) is 17.6. The number of phenols is 4. The van der Waals surface area contributed by atoms with E-state index < -0.39 is 111 Å². The number of hydrogen-bond donors (Lipinski definition) is 11. The number of rotatable bonds is 12. The Morgan fingerprint density at radius 2 is 1.40 bits per heavy atom. The molecule has 19 nitrogen and oxygen atoms in total. The number of carbonyl (C=O) groups excluding carboxylic acids is 1. The average Bonchev–Trinajstić information content (AvgIpc) is 3.13. The first kappa shape index (κ1) is 40.5. The molecule has 0 aliphatic carbocycles. The summed E-state index contributed by atoms with van der Waals surface area (Å²) in [5, 5.41) is 113. The zero-order valence-electron chi connectivity index (χ0n) is 28.2. The summed E-state index contributed by atoms with van der Waals surface area (Å²) in [6.07, 6.45) is -20.2. The minimum absolute atomic E-state index is 0.116. The van der Waals surface area contributed by atoms with Crippen LogP contribution in [0.2, 0.25) is 0 Å². The summed E-state index contributed by atoms with van der Waals surface area (Å²) < 4.78 is 40.2. The fourth-order valence-corrected chi connectivity index (χ4v) is 5.84. The molecule has 3 fully saturated rings. The van der Waals surface area contributed by atoms with Crippen molar-refractivity contribution in [3.63, 3.8) is 0 Å². The van der Waals surface area contributed by atoms with Crippen molar-refractivity contribution in [2.75, 3.05) is 19.8 Å². The highest BCUT2D eigenvalue weighted by Crippen LogP contribution is 2.34. The summed E-state index contributed by atoms with van der Waals surface area (Å²) >= 11 is 0. The lowest BCUT2D eigenvalue weighted by Crippen LogP contribution is -2.66. The Kier molecular flexibility index (Phi) is 13.5. The van der Waals surface area contributed by atoms with E-state index in [9.17, 15) is 61.0 Å². The van der Waals surface area contributed by atoms with Crippen molar-refractivity contribution in [2.24, 2.45) is 0 Å². The third-order valence-electron chi connectivity index (χ3n) is 8.98. The van der Waals surface area contributed by atoms with E-state index in [1.165, 1.54) is 49.4 Å². The maximum atomic E-state index is 12.7. The van der Waals surface area contributed by atoms with Gasteiger partial charge in [0.2, 0.25) is 0 Å². The first-order chi connectivity index (χ1) is 25.1. The molecule has 0 amide bonds. The first-order valence-corrected chi connectivity index (χ1v) is 16.6. The number of carbonyl (C=O) groups is 1. The van der Waals surface area contributed by atoms with Gasteiger partial charge in [0.1, 0.15) is 67.6 Å². The molecule has 0 saturated carbocycles. The van der Waals surface area contributed by atoms with Gasteiger partial charge in [-0.25, -0.2) is 4.79 Å². The fourth-order valence-electron chi connectivity index (χ4n) is 5.84. The lowest BCUT2D eigenvalue weighted by molar-refractivity contribution is -0.385. The topological polar surface area (TPSA) is 304 Å². The third kappa shape index (κ3) is 9.72. The van der Waals surface area contributed by atoms with Gasteiger partial charge in [-0.15, -0.1) is 0 Å². The molecule has 0 unspecified atom stereocenters. The molecule has 53 heavy (non-hydrogen) atoms. The van der Waals surface area contributed by atoms with Crippen LogP contribution in [0.1, 0.15) is 18.1 Å². The number of aromatic hydroxyl groups is 4. The van der Waals surface area contributed by atoms with E-state index in [4.69, 9.17) is 33.2 Å². The molecule has 2 aromatic rings. The Bertz CT molecular complexity index is 1560. The van der Waals surface area contributed by atoms with Gasteiger partial charge in [0, 0.05) is 6.08 Å². The summed E-state index contributed by atoms with van der Waals surface area (Å²) in [5.74, 6) is -2.44. The second-order valence-electron chi connectivity index (χ2n) is 12.8. The Balaban J connectivity index is 1.40. The normalized spacial score (nSPS) is 36.4. The SMILES string of the molecule is C[C@@H]1O[C@@H](O[C@H]2[C@H](O)[C@@H](COC(=O)C=Cc3ccc(O)c(O)c3)O[C@@H](OCCc3ccc(O)c(O)c3)[C@@H]2O[C@@H]2OC[C@H](O)[C@H](O)[C@H]2O)[C@H](O)[C@H](O)[C@H]1O.